The Morgan fingerprint density at radius 2 is 2.19 bits per heavy atom. The van der Waals surface area contributed by atoms with Gasteiger partial charge in [-0.15, -0.1) is 10.2 Å². The normalized spacial score (nSPS) is 11.6. The van der Waals surface area contributed by atoms with Gasteiger partial charge < -0.3 is 9.30 Å². The quantitative estimate of drug-likeness (QED) is 0.818. The molecule has 0 radical (unpaired) electrons. The number of nitrogens with zero attached hydrogens (tertiary/aromatic N) is 3. The molecular weight excluding hydrogens is 360 g/mol. The molecule has 0 fully saturated rings. The second-order valence-electron chi connectivity index (χ2n) is 4.30. The Morgan fingerprint density at radius 3 is 2.76 bits per heavy atom. The Balaban J connectivity index is 2.05. The van der Waals surface area contributed by atoms with Gasteiger partial charge >= 0.3 is 0 Å². The molecule has 0 atom stereocenters. The summed E-state index contributed by atoms with van der Waals surface area (Å²) in [6.45, 7) is 0.249. The molecule has 0 aliphatic carbocycles. The summed E-state index contributed by atoms with van der Waals surface area (Å²) in [6.07, 6.45) is 2.04. The Bertz CT molecular complexity index is 730. The maximum absolute atomic E-state index is 12.2. The molecule has 1 aromatic carbocycles. The molecule has 0 amide bonds. The minimum atomic E-state index is -3.57. The Morgan fingerprint density at radius 1 is 1.43 bits per heavy atom. The molecule has 114 valence electrons. The lowest BCUT2D eigenvalue weighted by molar-refractivity contribution is 0.411. The van der Waals surface area contributed by atoms with E-state index in [-0.39, 0.29) is 11.4 Å². The van der Waals surface area contributed by atoms with Crippen LogP contribution >= 0.6 is 15.9 Å². The highest BCUT2D eigenvalue weighted by atomic mass is 79.9. The Kier molecular flexibility index (Phi) is 4.96. The van der Waals surface area contributed by atoms with Gasteiger partial charge in [0.2, 0.25) is 10.0 Å². The summed E-state index contributed by atoms with van der Waals surface area (Å²) in [6, 6.07) is 4.60. The van der Waals surface area contributed by atoms with E-state index in [1.807, 2.05) is 7.05 Å². The van der Waals surface area contributed by atoms with E-state index in [9.17, 15) is 8.42 Å². The molecule has 0 bridgehead atoms. The molecule has 7 nitrogen and oxygen atoms in total. The number of methoxy groups -OCH3 is 1. The van der Waals surface area contributed by atoms with E-state index in [2.05, 4.69) is 30.8 Å². The summed E-state index contributed by atoms with van der Waals surface area (Å²) >= 11 is 3.27. The first kappa shape index (κ1) is 15.9. The molecule has 1 heterocycles. The van der Waals surface area contributed by atoms with Crippen molar-refractivity contribution < 1.29 is 13.2 Å². The van der Waals surface area contributed by atoms with Crippen molar-refractivity contribution in [3.8, 4) is 5.75 Å². The summed E-state index contributed by atoms with van der Waals surface area (Å²) in [5, 5.41) is 7.64. The van der Waals surface area contributed by atoms with Crippen LogP contribution < -0.4 is 9.46 Å². The Hall–Kier alpha value is -1.45. The van der Waals surface area contributed by atoms with Gasteiger partial charge in [0.1, 0.15) is 17.9 Å². The number of benzene rings is 1. The molecule has 0 spiro atoms. The maximum atomic E-state index is 12.2. The van der Waals surface area contributed by atoms with Gasteiger partial charge in [-0.25, -0.2) is 13.1 Å². The summed E-state index contributed by atoms with van der Waals surface area (Å²) in [7, 11) is -0.236. The molecule has 0 saturated heterocycles. The number of aromatic nitrogens is 3. The van der Waals surface area contributed by atoms with Gasteiger partial charge in [-0.1, -0.05) is 0 Å². The number of hydrogen-bond acceptors (Lipinski definition) is 5. The summed E-state index contributed by atoms with van der Waals surface area (Å²) in [5.41, 5.74) is 0. The van der Waals surface area contributed by atoms with Crippen molar-refractivity contribution in [2.75, 3.05) is 13.7 Å². The smallest absolute Gasteiger partial charge is 0.240 e. The molecule has 0 saturated carbocycles. The van der Waals surface area contributed by atoms with Crippen molar-refractivity contribution in [1.29, 1.82) is 0 Å². The highest BCUT2D eigenvalue weighted by molar-refractivity contribution is 9.10. The average molecular weight is 375 g/mol. The minimum absolute atomic E-state index is 0.174. The summed E-state index contributed by atoms with van der Waals surface area (Å²) in [4.78, 5) is 0.174. The van der Waals surface area contributed by atoms with E-state index in [0.717, 1.165) is 0 Å². The second-order valence-corrected chi connectivity index (χ2v) is 6.92. The van der Waals surface area contributed by atoms with Crippen molar-refractivity contribution in [3.63, 3.8) is 0 Å². The van der Waals surface area contributed by atoms with Crippen LogP contribution in [0.1, 0.15) is 5.82 Å². The largest absolute Gasteiger partial charge is 0.496 e. The molecule has 9 heteroatoms. The van der Waals surface area contributed by atoms with E-state index in [0.29, 0.717) is 22.5 Å². The van der Waals surface area contributed by atoms with Crippen molar-refractivity contribution in [1.82, 2.24) is 19.5 Å². The molecule has 0 aliphatic heterocycles. The number of hydrogen-bond donors (Lipinski definition) is 1. The second kappa shape index (κ2) is 6.54. The third kappa shape index (κ3) is 3.80. The van der Waals surface area contributed by atoms with Crippen molar-refractivity contribution in [3.05, 3.63) is 34.8 Å². The third-order valence-electron chi connectivity index (χ3n) is 2.88. The first-order chi connectivity index (χ1) is 9.94. The first-order valence-corrected chi connectivity index (χ1v) is 8.38. The predicted octanol–water partition coefficient (Wildman–Crippen LogP) is 1.11. The lowest BCUT2D eigenvalue weighted by atomic mass is 10.3. The van der Waals surface area contributed by atoms with Gasteiger partial charge in [0.25, 0.3) is 0 Å². The number of rotatable bonds is 6. The lowest BCUT2D eigenvalue weighted by Gasteiger charge is -2.09. The molecular formula is C12H15BrN4O3S. The number of aryl methyl sites for hydroxylation is 1. The van der Waals surface area contributed by atoms with E-state index < -0.39 is 10.0 Å². The van der Waals surface area contributed by atoms with Gasteiger partial charge in [-0.2, -0.15) is 0 Å². The number of nitrogens with one attached hydrogen (secondary N) is 1. The van der Waals surface area contributed by atoms with Crippen LogP contribution in [0.25, 0.3) is 0 Å². The van der Waals surface area contributed by atoms with Crippen LogP contribution in [-0.2, 0) is 23.5 Å². The molecule has 21 heavy (non-hydrogen) atoms. The predicted molar refractivity (Wildman–Crippen MR) is 80.6 cm³/mol. The van der Waals surface area contributed by atoms with E-state index in [1.165, 1.54) is 19.2 Å². The molecule has 1 aromatic heterocycles. The van der Waals surface area contributed by atoms with Gasteiger partial charge in [0, 0.05) is 20.0 Å². The zero-order chi connectivity index (χ0) is 15.5. The van der Waals surface area contributed by atoms with E-state index >= 15 is 0 Å². The van der Waals surface area contributed by atoms with Crippen LogP contribution in [0.5, 0.6) is 5.75 Å². The first-order valence-electron chi connectivity index (χ1n) is 6.10. The summed E-state index contributed by atoms with van der Waals surface area (Å²) in [5.74, 6) is 1.29. The molecule has 1 N–H and O–H groups in total. The summed E-state index contributed by atoms with van der Waals surface area (Å²) < 4.78 is 34.3. The van der Waals surface area contributed by atoms with Gasteiger partial charge in [0.15, 0.2) is 0 Å². The van der Waals surface area contributed by atoms with Crippen LogP contribution in [0, 0.1) is 0 Å². The average Bonchev–Trinajstić information content (AvgIpc) is 2.84. The van der Waals surface area contributed by atoms with Crippen LogP contribution in [0.15, 0.2) is 33.9 Å². The fraction of sp³-hybridized carbons (Fsp3) is 0.333. The maximum Gasteiger partial charge on any atom is 0.240 e. The van der Waals surface area contributed by atoms with Crippen LogP contribution in [0.3, 0.4) is 0 Å². The SMILES string of the molecule is COc1ccc(S(=O)(=O)NCCc2nncn2C)cc1Br. The molecule has 0 aliphatic rings. The molecule has 0 unspecified atom stereocenters. The highest BCUT2D eigenvalue weighted by Crippen LogP contribution is 2.27. The van der Waals surface area contributed by atoms with Gasteiger partial charge in [-0.05, 0) is 34.1 Å². The monoisotopic (exact) mass is 374 g/mol. The van der Waals surface area contributed by atoms with Gasteiger partial charge in [0.05, 0.1) is 16.5 Å². The van der Waals surface area contributed by atoms with E-state index in [4.69, 9.17) is 4.74 Å². The highest BCUT2D eigenvalue weighted by Gasteiger charge is 2.15. The lowest BCUT2D eigenvalue weighted by Crippen LogP contribution is -2.26. The van der Waals surface area contributed by atoms with Crippen LogP contribution in [-0.4, -0.2) is 36.8 Å². The third-order valence-corrected chi connectivity index (χ3v) is 4.96. The fourth-order valence-corrected chi connectivity index (χ4v) is 3.48. The standard InChI is InChI=1S/C12H15BrN4O3S/c1-17-8-14-16-12(17)5-6-15-21(18,19)9-3-4-11(20-2)10(13)7-9/h3-4,7-8,15H,5-6H2,1-2H3. The Labute approximate surface area is 131 Å². The van der Waals surface area contributed by atoms with Crippen molar-refractivity contribution in [2.45, 2.75) is 11.3 Å². The van der Waals surface area contributed by atoms with Crippen LogP contribution in [0.2, 0.25) is 0 Å². The van der Waals surface area contributed by atoms with E-state index in [1.54, 1.807) is 17.0 Å². The number of sulfonamides is 1. The van der Waals surface area contributed by atoms with Gasteiger partial charge in [-0.3, -0.25) is 0 Å². The van der Waals surface area contributed by atoms with Crippen molar-refractivity contribution >= 4 is 26.0 Å². The fourth-order valence-electron chi connectivity index (χ4n) is 1.73. The molecule has 2 aromatic rings. The zero-order valence-electron chi connectivity index (χ0n) is 11.6. The number of ether oxygens (including phenoxy) is 1. The number of halogens is 1. The van der Waals surface area contributed by atoms with Crippen molar-refractivity contribution in [2.24, 2.45) is 7.05 Å². The minimum Gasteiger partial charge on any atom is -0.496 e. The van der Waals surface area contributed by atoms with Crippen LogP contribution in [0.4, 0.5) is 0 Å². The zero-order valence-corrected chi connectivity index (χ0v) is 14.0. The molecule has 2 rings (SSSR count). The topological polar surface area (TPSA) is 86.1 Å².